The number of ether oxygens (including phenoxy) is 1. The van der Waals surface area contributed by atoms with Crippen LogP contribution in [0.4, 0.5) is 5.82 Å². The van der Waals surface area contributed by atoms with Gasteiger partial charge in [-0.05, 0) is 70.9 Å². The predicted octanol–water partition coefficient (Wildman–Crippen LogP) is 3.47. The molecule has 5 unspecified atom stereocenters. The summed E-state index contributed by atoms with van der Waals surface area (Å²) < 4.78 is 69.9. The number of nitriles is 1. The molecule has 0 spiro atoms. The van der Waals surface area contributed by atoms with Crippen molar-refractivity contribution in [1.82, 2.24) is 20.0 Å². The van der Waals surface area contributed by atoms with Crippen LogP contribution in [0.5, 0.6) is 0 Å². The summed E-state index contributed by atoms with van der Waals surface area (Å²) in [6.07, 6.45) is 5.47. The smallest absolute Gasteiger partial charge is 0.264 e. The first kappa shape index (κ1) is 38.5. The number of nitrogens with one attached hydrogen (secondary N) is 1. The van der Waals surface area contributed by atoms with E-state index in [2.05, 4.69) is 31.6 Å². The number of carbonyl (C=O) groups is 1. The lowest BCUT2D eigenvalue weighted by atomic mass is 9.86. The van der Waals surface area contributed by atoms with Gasteiger partial charge in [-0.25, -0.2) is 4.68 Å². The Balaban J connectivity index is 1.78. The Labute approximate surface area is 280 Å². The Morgan fingerprint density at radius 1 is 1.09 bits per heavy atom. The number of hydrogen-bond acceptors (Lipinski definition) is 11. The van der Waals surface area contributed by atoms with Gasteiger partial charge in [-0.3, -0.25) is 13.9 Å². The van der Waals surface area contributed by atoms with Gasteiger partial charge in [0.25, 0.3) is 20.2 Å². The van der Waals surface area contributed by atoms with Crippen LogP contribution in [0.25, 0.3) is 0 Å². The zero-order valence-corrected chi connectivity index (χ0v) is 29.1. The molecule has 15 nitrogen and oxygen atoms in total. The van der Waals surface area contributed by atoms with Crippen molar-refractivity contribution in [2.45, 2.75) is 106 Å². The van der Waals surface area contributed by atoms with Crippen LogP contribution in [0.3, 0.4) is 0 Å². The Hall–Kier alpha value is -1.91. The Bertz CT molecular complexity index is 1400. The number of hydrogen-bond donors (Lipinski definition) is 3. The van der Waals surface area contributed by atoms with E-state index in [-0.39, 0.29) is 53.8 Å². The van der Waals surface area contributed by atoms with Gasteiger partial charge in [0, 0.05) is 20.1 Å². The van der Waals surface area contributed by atoms with Gasteiger partial charge in [0.15, 0.2) is 5.82 Å². The summed E-state index contributed by atoms with van der Waals surface area (Å²) in [5.41, 5.74) is 0.205. The third kappa shape index (κ3) is 12.0. The van der Waals surface area contributed by atoms with Crippen LogP contribution in [0.15, 0.2) is 16.4 Å². The van der Waals surface area contributed by atoms with Crippen molar-refractivity contribution in [2.75, 3.05) is 31.7 Å². The normalized spacial score (nSPS) is 27.6. The molecule has 0 saturated heterocycles. The molecule has 1 aromatic rings. The third-order valence-electron chi connectivity index (χ3n) is 8.41. The van der Waals surface area contributed by atoms with Crippen molar-refractivity contribution >= 4 is 55.2 Å². The first-order valence-electron chi connectivity index (χ1n) is 15.2. The van der Waals surface area contributed by atoms with Crippen molar-refractivity contribution in [2.24, 2.45) is 10.2 Å². The number of unbranched alkanes of at least 4 members (excludes halogenated alkanes) is 2. The molecule has 3 rings (SSSR count). The Kier molecular flexibility index (Phi) is 14.6. The van der Waals surface area contributed by atoms with Crippen LogP contribution in [0.2, 0.25) is 0 Å². The zero-order chi connectivity index (χ0) is 34.1. The first-order valence-corrected chi connectivity index (χ1v) is 19.3. The molecule has 0 radical (unpaired) electrons. The molecule has 260 valence electrons. The van der Waals surface area contributed by atoms with E-state index in [1.165, 1.54) is 13.1 Å². The highest BCUT2D eigenvalue weighted by molar-refractivity contribution is 7.86. The molecular weight excluding hydrogens is 685 g/mol. The molecule has 19 heteroatoms. The molecule has 2 aliphatic carbocycles. The van der Waals surface area contributed by atoms with E-state index in [0.29, 0.717) is 58.0 Å². The molecule has 46 heavy (non-hydrogen) atoms. The highest BCUT2D eigenvalue weighted by atomic mass is 35.5. The number of azo groups is 1. The van der Waals surface area contributed by atoms with Gasteiger partial charge in [0.2, 0.25) is 5.91 Å². The third-order valence-corrected chi connectivity index (χ3v) is 10.9. The maximum atomic E-state index is 12.2. The van der Waals surface area contributed by atoms with Crippen LogP contribution in [-0.2, 0) is 29.8 Å². The standard InChI is InChI=1S/C27H43Cl2N7O8S2/c1-18(37)32-25-13-20(35(9-3-5-11-45(38,39)40)10-4-6-12-46(41,42)43)7-8-24(25)33-34-27-19(16-30)17-31-36(27)26-22(28)14-21(44-2)15-23(26)29/h17,20-26H,3-15H2,1-2H3,(H,32,37)(H,38,39,40)(H,41,42,43). The minimum atomic E-state index is -4.09. The Morgan fingerprint density at radius 3 is 2.17 bits per heavy atom. The van der Waals surface area contributed by atoms with E-state index >= 15 is 0 Å². The fourth-order valence-corrected chi connectivity index (χ4v) is 8.35. The fraction of sp³-hybridized carbons (Fsp3) is 0.815. The van der Waals surface area contributed by atoms with Gasteiger partial charge in [-0.2, -0.15) is 32.3 Å². The van der Waals surface area contributed by atoms with Crippen molar-refractivity contribution in [3.63, 3.8) is 0 Å². The number of aromatic nitrogens is 2. The number of nitrogens with zero attached hydrogens (tertiary/aromatic N) is 6. The summed E-state index contributed by atoms with van der Waals surface area (Å²) in [5, 5.41) is 25.3. The topological polar surface area (TPSA) is 217 Å². The highest BCUT2D eigenvalue weighted by Gasteiger charge is 2.40. The predicted molar refractivity (Wildman–Crippen MR) is 172 cm³/mol. The molecule has 1 heterocycles. The lowest BCUT2D eigenvalue weighted by Crippen LogP contribution is -2.51. The molecule has 5 atom stereocenters. The zero-order valence-electron chi connectivity index (χ0n) is 25.9. The minimum absolute atomic E-state index is 0.0510. The second-order valence-electron chi connectivity index (χ2n) is 11.9. The number of alkyl halides is 2. The molecule has 1 amide bonds. The second-order valence-corrected chi connectivity index (χ2v) is 16.1. The average molecular weight is 729 g/mol. The quantitative estimate of drug-likeness (QED) is 0.0969. The molecule has 0 bridgehead atoms. The maximum absolute atomic E-state index is 12.2. The summed E-state index contributed by atoms with van der Waals surface area (Å²) in [5.74, 6) is -0.765. The van der Waals surface area contributed by atoms with Gasteiger partial charge >= 0.3 is 0 Å². The molecular formula is C27H43Cl2N7O8S2. The van der Waals surface area contributed by atoms with Gasteiger partial charge in [-0.15, -0.1) is 28.3 Å². The summed E-state index contributed by atoms with van der Waals surface area (Å²) in [6.45, 7) is 2.38. The molecule has 2 saturated carbocycles. The lowest BCUT2D eigenvalue weighted by Gasteiger charge is -2.40. The molecule has 2 fully saturated rings. The SMILES string of the molecule is COC1CC(Cl)C(n2ncc(C#N)c2N=NC2CCC(N(CCCCS(=O)(=O)O)CCCCS(=O)(=O)O)CC2NC(C)=O)C(Cl)C1. The molecule has 3 N–H and O–H groups in total. The van der Waals surface area contributed by atoms with E-state index in [1.807, 2.05) is 0 Å². The van der Waals surface area contributed by atoms with Crippen molar-refractivity contribution < 1.29 is 35.5 Å². The lowest BCUT2D eigenvalue weighted by molar-refractivity contribution is -0.120. The van der Waals surface area contributed by atoms with Gasteiger partial charge < -0.3 is 15.0 Å². The van der Waals surface area contributed by atoms with E-state index in [0.717, 1.165) is 0 Å². The van der Waals surface area contributed by atoms with Crippen LogP contribution >= 0.6 is 23.2 Å². The fourth-order valence-electron chi connectivity index (χ4n) is 6.18. The highest BCUT2D eigenvalue weighted by Crippen LogP contribution is 2.40. The summed E-state index contributed by atoms with van der Waals surface area (Å²) in [4.78, 5) is 14.3. The summed E-state index contributed by atoms with van der Waals surface area (Å²) >= 11 is 13.4. The molecule has 1 aromatic heterocycles. The average Bonchev–Trinajstić information content (AvgIpc) is 3.36. The number of halogens is 2. The largest absolute Gasteiger partial charge is 0.381 e. The van der Waals surface area contributed by atoms with Crippen molar-refractivity contribution in [3.8, 4) is 6.07 Å². The monoisotopic (exact) mass is 727 g/mol. The number of carbonyl (C=O) groups excluding carboxylic acids is 1. The van der Waals surface area contributed by atoms with E-state index in [4.69, 9.17) is 37.0 Å². The van der Waals surface area contributed by atoms with Crippen LogP contribution in [-0.4, -0.2) is 113 Å². The molecule has 0 aromatic carbocycles. The van der Waals surface area contributed by atoms with Crippen molar-refractivity contribution in [1.29, 1.82) is 5.26 Å². The van der Waals surface area contributed by atoms with Crippen LogP contribution in [0, 0.1) is 11.3 Å². The number of rotatable bonds is 16. The van der Waals surface area contributed by atoms with Gasteiger partial charge in [-0.1, -0.05) is 0 Å². The number of amides is 1. The molecule has 0 aliphatic heterocycles. The molecule has 2 aliphatic rings. The first-order chi connectivity index (χ1) is 21.6. The van der Waals surface area contributed by atoms with Crippen LogP contribution in [0.1, 0.15) is 76.3 Å². The van der Waals surface area contributed by atoms with Crippen LogP contribution < -0.4 is 5.32 Å². The second kappa shape index (κ2) is 17.5. The van der Waals surface area contributed by atoms with Gasteiger partial charge in [0.1, 0.15) is 11.6 Å². The summed E-state index contributed by atoms with van der Waals surface area (Å²) in [7, 11) is -6.58. The minimum Gasteiger partial charge on any atom is -0.381 e. The summed E-state index contributed by atoms with van der Waals surface area (Å²) in [6, 6.07) is 0.738. The van der Waals surface area contributed by atoms with E-state index < -0.39 is 49.1 Å². The Morgan fingerprint density at radius 2 is 1.67 bits per heavy atom. The van der Waals surface area contributed by atoms with Crippen molar-refractivity contribution in [3.05, 3.63) is 11.8 Å². The van der Waals surface area contributed by atoms with E-state index in [1.54, 1.807) is 11.8 Å². The maximum Gasteiger partial charge on any atom is 0.264 e. The van der Waals surface area contributed by atoms with Gasteiger partial charge in [0.05, 0.1) is 52.7 Å². The number of methoxy groups -OCH3 is 1. The van der Waals surface area contributed by atoms with E-state index in [9.17, 15) is 26.9 Å².